The summed E-state index contributed by atoms with van der Waals surface area (Å²) in [5, 5.41) is 11.1. The molecule has 29 heavy (non-hydrogen) atoms. The van der Waals surface area contributed by atoms with E-state index in [0.717, 1.165) is 38.5 Å². The van der Waals surface area contributed by atoms with Gasteiger partial charge in [-0.3, -0.25) is 9.48 Å². The summed E-state index contributed by atoms with van der Waals surface area (Å²) in [7, 11) is -1.90. The van der Waals surface area contributed by atoms with Crippen LogP contribution in [0, 0.1) is 6.92 Å². The van der Waals surface area contributed by atoms with Crippen LogP contribution >= 0.6 is 0 Å². The van der Waals surface area contributed by atoms with Gasteiger partial charge in [-0.1, -0.05) is 18.1 Å². The molecule has 1 saturated carbocycles. The van der Waals surface area contributed by atoms with E-state index in [1.165, 1.54) is 4.31 Å². The average Bonchev–Trinajstić information content (AvgIpc) is 3.45. The average molecular weight is 422 g/mol. The summed E-state index contributed by atoms with van der Waals surface area (Å²) in [5.41, 5.74) is 0.268. The maximum absolute atomic E-state index is 13.0. The van der Waals surface area contributed by atoms with Crippen molar-refractivity contribution in [1.82, 2.24) is 34.2 Å². The largest absolute Gasteiger partial charge is 0.348 e. The standard InChI is InChI=1S/C18H27N7O3S/c1-13-19-17(12-23(13)2)29(27,28)25-9-5-8-15(25)10-24-11-16(21-22-24)18(26)20-14-6-3-4-7-14/h11-12,14-15H,3-10H2,1-2H3,(H,20,26)/t15-/m0/s1. The SMILES string of the molecule is Cc1nc(S(=O)(=O)N2CCC[C@H]2Cn2cc(C(=O)NC3CCCC3)nn2)cn1C. The number of amides is 1. The molecule has 1 aliphatic carbocycles. The minimum absolute atomic E-state index is 0.0691. The van der Waals surface area contributed by atoms with Crippen LogP contribution in [0.25, 0.3) is 0 Å². The van der Waals surface area contributed by atoms with Gasteiger partial charge in [-0.2, -0.15) is 4.31 Å². The van der Waals surface area contributed by atoms with Gasteiger partial charge < -0.3 is 9.88 Å². The summed E-state index contributed by atoms with van der Waals surface area (Å²) in [5.74, 6) is 0.427. The molecule has 10 nitrogen and oxygen atoms in total. The predicted molar refractivity (Wildman–Crippen MR) is 105 cm³/mol. The zero-order valence-electron chi connectivity index (χ0n) is 16.8. The van der Waals surface area contributed by atoms with Crippen molar-refractivity contribution in [1.29, 1.82) is 0 Å². The van der Waals surface area contributed by atoms with Crippen LogP contribution in [0.4, 0.5) is 0 Å². The van der Waals surface area contributed by atoms with Crippen molar-refractivity contribution in [2.45, 2.75) is 69.1 Å². The second-order valence-electron chi connectivity index (χ2n) is 7.93. The van der Waals surface area contributed by atoms with Crippen LogP contribution in [0.3, 0.4) is 0 Å². The Morgan fingerprint density at radius 3 is 2.66 bits per heavy atom. The lowest BCUT2D eigenvalue weighted by atomic mass is 10.2. The van der Waals surface area contributed by atoms with Gasteiger partial charge in [0.2, 0.25) is 0 Å². The predicted octanol–water partition coefficient (Wildman–Crippen LogP) is 0.846. The summed E-state index contributed by atoms with van der Waals surface area (Å²) in [4.78, 5) is 16.5. The van der Waals surface area contributed by atoms with Crippen LogP contribution in [0.15, 0.2) is 17.4 Å². The zero-order chi connectivity index (χ0) is 20.6. The van der Waals surface area contributed by atoms with Gasteiger partial charge in [0.25, 0.3) is 15.9 Å². The highest BCUT2D eigenvalue weighted by Gasteiger charge is 2.37. The molecule has 3 heterocycles. The van der Waals surface area contributed by atoms with Crippen molar-refractivity contribution in [3.63, 3.8) is 0 Å². The molecular weight excluding hydrogens is 394 g/mol. The van der Waals surface area contributed by atoms with Gasteiger partial charge in [0.15, 0.2) is 10.7 Å². The normalized spacial score (nSPS) is 21.1. The maximum atomic E-state index is 13.0. The van der Waals surface area contributed by atoms with Crippen molar-refractivity contribution in [3.8, 4) is 0 Å². The zero-order valence-corrected chi connectivity index (χ0v) is 17.6. The molecule has 0 unspecified atom stereocenters. The smallest absolute Gasteiger partial charge is 0.273 e. The minimum Gasteiger partial charge on any atom is -0.348 e. The first-order valence-corrected chi connectivity index (χ1v) is 11.5. The van der Waals surface area contributed by atoms with Gasteiger partial charge in [-0.05, 0) is 32.6 Å². The highest BCUT2D eigenvalue weighted by molar-refractivity contribution is 7.89. The molecule has 0 bridgehead atoms. The fourth-order valence-corrected chi connectivity index (χ4v) is 5.83. The number of nitrogens with zero attached hydrogens (tertiary/aromatic N) is 6. The van der Waals surface area contributed by atoms with E-state index in [1.807, 2.05) is 0 Å². The Kier molecular flexibility index (Phi) is 5.43. The van der Waals surface area contributed by atoms with E-state index in [0.29, 0.717) is 18.9 Å². The number of aromatic nitrogens is 5. The van der Waals surface area contributed by atoms with Gasteiger partial charge >= 0.3 is 0 Å². The highest BCUT2D eigenvalue weighted by atomic mass is 32.2. The summed E-state index contributed by atoms with van der Waals surface area (Å²) >= 11 is 0. The Labute approximate surface area is 170 Å². The number of carbonyl (C=O) groups is 1. The van der Waals surface area contributed by atoms with E-state index >= 15 is 0 Å². The molecule has 0 aromatic carbocycles. The summed E-state index contributed by atoms with van der Waals surface area (Å²) in [6.45, 7) is 2.58. The van der Waals surface area contributed by atoms with Gasteiger partial charge in [-0.25, -0.2) is 13.4 Å². The number of aryl methyl sites for hydroxylation is 2. The first-order chi connectivity index (χ1) is 13.8. The van der Waals surface area contributed by atoms with Crippen LogP contribution in [0.1, 0.15) is 54.8 Å². The monoisotopic (exact) mass is 421 g/mol. The summed E-state index contributed by atoms with van der Waals surface area (Å²) in [6, 6.07) is -0.0281. The fourth-order valence-electron chi connectivity index (χ4n) is 4.12. The Bertz CT molecular complexity index is 972. The molecule has 2 fully saturated rings. The molecule has 2 aliphatic rings. The van der Waals surface area contributed by atoms with Crippen molar-refractivity contribution in [2.24, 2.45) is 7.05 Å². The van der Waals surface area contributed by atoms with Gasteiger partial charge in [0.1, 0.15) is 5.82 Å². The number of carbonyl (C=O) groups excluding carboxylic acids is 1. The van der Waals surface area contributed by atoms with E-state index in [4.69, 9.17) is 0 Å². The Hall–Kier alpha value is -2.27. The van der Waals surface area contributed by atoms with Gasteiger partial charge in [-0.15, -0.1) is 5.10 Å². The van der Waals surface area contributed by atoms with Crippen LogP contribution in [0.2, 0.25) is 0 Å². The number of hydrogen-bond acceptors (Lipinski definition) is 6. The number of sulfonamides is 1. The van der Waals surface area contributed by atoms with Crippen molar-refractivity contribution in [2.75, 3.05) is 6.54 Å². The fraction of sp³-hybridized carbons (Fsp3) is 0.667. The number of hydrogen-bond donors (Lipinski definition) is 1. The summed E-state index contributed by atoms with van der Waals surface area (Å²) in [6.07, 6.45) is 8.93. The second kappa shape index (κ2) is 7.86. The third-order valence-electron chi connectivity index (χ3n) is 5.84. The molecule has 1 amide bonds. The van der Waals surface area contributed by atoms with Crippen LogP contribution in [0.5, 0.6) is 0 Å². The Morgan fingerprint density at radius 1 is 1.21 bits per heavy atom. The molecule has 0 spiro atoms. The maximum Gasteiger partial charge on any atom is 0.273 e. The quantitative estimate of drug-likeness (QED) is 0.739. The topological polar surface area (TPSA) is 115 Å². The third-order valence-corrected chi connectivity index (χ3v) is 7.67. The van der Waals surface area contributed by atoms with E-state index < -0.39 is 10.0 Å². The first-order valence-electron chi connectivity index (χ1n) is 10.1. The van der Waals surface area contributed by atoms with E-state index in [1.54, 1.807) is 35.6 Å². The van der Waals surface area contributed by atoms with E-state index in [-0.39, 0.29) is 28.7 Å². The van der Waals surface area contributed by atoms with Gasteiger partial charge in [0.05, 0.1) is 12.7 Å². The number of nitrogens with one attached hydrogen (secondary N) is 1. The minimum atomic E-state index is -3.67. The molecule has 1 N–H and O–H groups in total. The Morgan fingerprint density at radius 2 is 1.97 bits per heavy atom. The van der Waals surface area contributed by atoms with E-state index in [2.05, 4.69) is 20.6 Å². The number of imidazole rings is 1. The number of rotatable bonds is 6. The lowest BCUT2D eigenvalue weighted by Crippen LogP contribution is -2.38. The van der Waals surface area contributed by atoms with E-state index in [9.17, 15) is 13.2 Å². The lowest BCUT2D eigenvalue weighted by Gasteiger charge is -2.22. The molecular formula is C18H27N7O3S. The molecule has 1 aliphatic heterocycles. The van der Waals surface area contributed by atoms with Crippen LogP contribution < -0.4 is 5.32 Å². The van der Waals surface area contributed by atoms with Crippen LogP contribution in [-0.2, 0) is 23.6 Å². The van der Waals surface area contributed by atoms with Crippen molar-refractivity contribution < 1.29 is 13.2 Å². The van der Waals surface area contributed by atoms with Crippen molar-refractivity contribution in [3.05, 3.63) is 23.9 Å². The molecule has 1 saturated heterocycles. The lowest BCUT2D eigenvalue weighted by molar-refractivity contribution is 0.0932. The molecule has 11 heteroatoms. The van der Waals surface area contributed by atoms with Crippen molar-refractivity contribution >= 4 is 15.9 Å². The first kappa shape index (κ1) is 20.0. The molecule has 2 aromatic heterocycles. The molecule has 0 radical (unpaired) electrons. The highest BCUT2D eigenvalue weighted by Crippen LogP contribution is 2.26. The molecule has 4 rings (SSSR count). The molecule has 158 valence electrons. The van der Waals surface area contributed by atoms with Crippen LogP contribution in [-0.4, -0.2) is 61.8 Å². The second-order valence-corrected chi connectivity index (χ2v) is 9.77. The Balaban J connectivity index is 1.45. The third kappa shape index (κ3) is 4.06. The van der Waals surface area contributed by atoms with Gasteiger partial charge in [0, 0.05) is 31.9 Å². The molecule has 2 aromatic rings. The molecule has 1 atom stereocenters. The summed E-state index contributed by atoms with van der Waals surface area (Å²) < 4.78 is 30.9.